The molecule has 0 unspecified atom stereocenters. The van der Waals surface area contributed by atoms with Crippen LogP contribution in [0.1, 0.15) is 32.4 Å². The van der Waals surface area contributed by atoms with E-state index >= 15 is 0 Å². The molecular formula is C20H27N5O2. The van der Waals surface area contributed by atoms with Gasteiger partial charge in [-0.15, -0.1) is 0 Å². The third-order valence-electron chi connectivity index (χ3n) is 4.78. The molecule has 1 atom stereocenters. The molecule has 4 N–H and O–H groups in total. The smallest absolute Gasteiger partial charge is 0.262 e. The molecule has 2 heterocycles. The zero-order chi connectivity index (χ0) is 19.6. The van der Waals surface area contributed by atoms with Crippen molar-refractivity contribution in [3.63, 3.8) is 0 Å². The first-order valence-corrected chi connectivity index (χ1v) is 9.39. The molecular weight excluding hydrogens is 342 g/mol. The lowest BCUT2D eigenvalue weighted by Crippen LogP contribution is -2.42. The summed E-state index contributed by atoms with van der Waals surface area (Å²) in [6, 6.07) is 7.27. The van der Waals surface area contributed by atoms with Crippen LogP contribution in [0, 0.1) is 12.8 Å². The fourth-order valence-corrected chi connectivity index (χ4v) is 3.46. The highest BCUT2D eigenvalue weighted by atomic mass is 16.2. The summed E-state index contributed by atoms with van der Waals surface area (Å²) in [7, 11) is 0. The largest absolute Gasteiger partial charge is 0.355 e. The van der Waals surface area contributed by atoms with Crippen molar-refractivity contribution < 1.29 is 4.79 Å². The molecule has 144 valence electrons. The molecule has 7 heteroatoms. The Balaban J connectivity index is 1.77. The molecule has 0 radical (unpaired) electrons. The van der Waals surface area contributed by atoms with E-state index in [1.54, 1.807) is 4.57 Å². The number of para-hydroxylation sites is 1. The van der Waals surface area contributed by atoms with Gasteiger partial charge in [0.2, 0.25) is 5.91 Å². The van der Waals surface area contributed by atoms with Gasteiger partial charge in [0, 0.05) is 24.2 Å². The van der Waals surface area contributed by atoms with E-state index in [4.69, 9.17) is 5.73 Å². The van der Waals surface area contributed by atoms with Crippen LogP contribution in [-0.4, -0.2) is 33.3 Å². The fourth-order valence-electron chi connectivity index (χ4n) is 3.46. The summed E-state index contributed by atoms with van der Waals surface area (Å²) < 4.78 is 1.76. The van der Waals surface area contributed by atoms with E-state index in [0.29, 0.717) is 42.8 Å². The molecule has 0 spiro atoms. The number of hydrogen-bond acceptors (Lipinski definition) is 4. The maximum atomic E-state index is 13.0. The molecule has 3 aromatic rings. The highest BCUT2D eigenvalue weighted by Crippen LogP contribution is 2.22. The van der Waals surface area contributed by atoms with E-state index in [2.05, 4.69) is 15.5 Å². The van der Waals surface area contributed by atoms with Crippen LogP contribution < -0.4 is 16.6 Å². The first-order valence-electron chi connectivity index (χ1n) is 9.39. The topological polar surface area (TPSA) is 106 Å². The molecule has 0 saturated heterocycles. The van der Waals surface area contributed by atoms with Crippen molar-refractivity contribution in [2.45, 2.75) is 46.2 Å². The number of fused-ring (bicyclic) bond motifs is 3. The van der Waals surface area contributed by atoms with Crippen molar-refractivity contribution in [3.8, 4) is 0 Å². The van der Waals surface area contributed by atoms with Gasteiger partial charge in [-0.1, -0.05) is 32.0 Å². The number of carbonyl (C=O) groups excluding carboxylic acids is 1. The zero-order valence-electron chi connectivity index (χ0n) is 16.1. The minimum Gasteiger partial charge on any atom is -0.355 e. The Morgan fingerprint density at radius 2 is 2.07 bits per heavy atom. The first kappa shape index (κ1) is 19.1. The van der Waals surface area contributed by atoms with Gasteiger partial charge in [0.1, 0.15) is 5.52 Å². The molecule has 7 nitrogen and oxygen atoms in total. The maximum Gasteiger partial charge on any atom is 0.262 e. The van der Waals surface area contributed by atoms with Crippen LogP contribution in [0.5, 0.6) is 0 Å². The molecule has 0 saturated carbocycles. The molecule has 0 aliphatic carbocycles. The number of amides is 1. The third kappa shape index (κ3) is 3.88. The quantitative estimate of drug-likeness (QED) is 0.554. The monoisotopic (exact) mass is 369 g/mol. The fraction of sp³-hybridized carbons (Fsp3) is 0.450. The zero-order valence-corrected chi connectivity index (χ0v) is 16.1. The van der Waals surface area contributed by atoms with Gasteiger partial charge in [0.15, 0.2) is 0 Å². The van der Waals surface area contributed by atoms with Crippen LogP contribution in [0.2, 0.25) is 0 Å². The Labute approximate surface area is 157 Å². The van der Waals surface area contributed by atoms with Crippen molar-refractivity contribution >= 4 is 27.7 Å². The predicted octanol–water partition coefficient (Wildman–Crippen LogP) is 2.07. The lowest BCUT2D eigenvalue weighted by atomic mass is 10.0. The average molecular weight is 369 g/mol. The van der Waals surface area contributed by atoms with Crippen LogP contribution in [0.4, 0.5) is 0 Å². The van der Waals surface area contributed by atoms with Gasteiger partial charge >= 0.3 is 0 Å². The number of rotatable bonds is 7. The second-order valence-corrected chi connectivity index (χ2v) is 7.43. The molecule has 27 heavy (non-hydrogen) atoms. The Bertz CT molecular complexity index is 1020. The predicted molar refractivity (Wildman–Crippen MR) is 108 cm³/mol. The highest BCUT2D eigenvalue weighted by Gasteiger charge is 2.16. The lowest BCUT2D eigenvalue weighted by Gasteiger charge is -2.15. The number of nitrogens with one attached hydrogen (secondary N) is 2. The van der Waals surface area contributed by atoms with Gasteiger partial charge in [-0.05, 0) is 31.7 Å². The molecule has 0 aliphatic heterocycles. The van der Waals surface area contributed by atoms with E-state index in [9.17, 15) is 9.59 Å². The summed E-state index contributed by atoms with van der Waals surface area (Å²) in [5.74, 6) is 0.239. The molecule has 1 amide bonds. The first-order chi connectivity index (χ1) is 12.9. The molecule has 0 bridgehead atoms. The van der Waals surface area contributed by atoms with Gasteiger partial charge < -0.3 is 15.6 Å². The summed E-state index contributed by atoms with van der Waals surface area (Å²) in [6.45, 7) is 6.93. The summed E-state index contributed by atoms with van der Waals surface area (Å²) in [4.78, 5) is 25.0. The number of aromatic nitrogens is 3. The molecule has 2 aromatic heterocycles. The van der Waals surface area contributed by atoms with Gasteiger partial charge in [0.05, 0.1) is 16.9 Å². The normalized spacial score (nSPS) is 12.8. The molecule has 3 rings (SSSR count). The van der Waals surface area contributed by atoms with Gasteiger partial charge in [0.25, 0.3) is 5.56 Å². The number of hydrogen-bond donors (Lipinski definition) is 3. The molecule has 1 aromatic carbocycles. The van der Waals surface area contributed by atoms with Crippen molar-refractivity contribution in [1.82, 2.24) is 20.1 Å². The second kappa shape index (κ2) is 7.92. The summed E-state index contributed by atoms with van der Waals surface area (Å²) >= 11 is 0. The standard InChI is InChI=1S/C20H27N5O2/c1-12(2)11-15(21)19(26)22-9-6-10-25-16-8-5-4-7-14(16)18-17(20(25)27)13(3)23-24-18/h4-5,7-8,12,15H,6,9-11,21H2,1-3H3,(H,22,26)(H,23,24)/t15-/m0/s1. The highest BCUT2D eigenvalue weighted by molar-refractivity contribution is 6.03. The van der Waals surface area contributed by atoms with Crippen molar-refractivity contribution in [2.24, 2.45) is 11.7 Å². The lowest BCUT2D eigenvalue weighted by molar-refractivity contribution is -0.122. The van der Waals surface area contributed by atoms with Crippen LogP contribution in [0.3, 0.4) is 0 Å². The van der Waals surface area contributed by atoms with E-state index in [0.717, 1.165) is 16.6 Å². The minimum atomic E-state index is -0.488. The van der Waals surface area contributed by atoms with Crippen LogP contribution >= 0.6 is 0 Å². The van der Waals surface area contributed by atoms with Gasteiger partial charge in [-0.25, -0.2) is 0 Å². The molecule has 0 aliphatic rings. The summed E-state index contributed by atoms with van der Waals surface area (Å²) in [6.07, 6.45) is 1.30. The number of pyridine rings is 1. The van der Waals surface area contributed by atoms with Crippen LogP contribution in [-0.2, 0) is 11.3 Å². The SMILES string of the molecule is Cc1[nH]nc2c1c(=O)n(CCCNC(=O)[C@@H](N)CC(C)C)c1ccccc21. The van der Waals surface area contributed by atoms with Crippen LogP contribution in [0.25, 0.3) is 21.8 Å². The Morgan fingerprint density at radius 3 is 2.81 bits per heavy atom. The summed E-state index contributed by atoms with van der Waals surface area (Å²) in [5.41, 5.74) is 8.17. The third-order valence-corrected chi connectivity index (χ3v) is 4.78. The van der Waals surface area contributed by atoms with Crippen molar-refractivity contribution in [2.75, 3.05) is 6.54 Å². The Hall–Kier alpha value is -2.67. The average Bonchev–Trinajstić information content (AvgIpc) is 3.02. The van der Waals surface area contributed by atoms with Crippen molar-refractivity contribution in [3.05, 3.63) is 40.3 Å². The van der Waals surface area contributed by atoms with E-state index in [1.807, 2.05) is 45.0 Å². The van der Waals surface area contributed by atoms with Gasteiger partial charge in [-0.2, -0.15) is 5.10 Å². The number of aromatic amines is 1. The number of carbonyl (C=O) groups is 1. The summed E-state index contributed by atoms with van der Waals surface area (Å²) in [5, 5.41) is 11.7. The van der Waals surface area contributed by atoms with Crippen molar-refractivity contribution in [1.29, 1.82) is 0 Å². The van der Waals surface area contributed by atoms with Gasteiger partial charge in [-0.3, -0.25) is 14.7 Å². The Kier molecular flexibility index (Phi) is 5.60. The maximum absolute atomic E-state index is 13.0. The van der Waals surface area contributed by atoms with E-state index in [-0.39, 0.29) is 11.5 Å². The number of nitrogens with zero attached hydrogens (tertiary/aromatic N) is 2. The number of nitrogens with two attached hydrogens (primary N) is 1. The Morgan fingerprint density at radius 1 is 1.33 bits per heavy atom. The van der Waals surface area contributed by atoms with E-state index in [1.165, 1.54) is 0 Å². The van der Waals surface area contributed by atoms with E-state index < -0.39 is 6.04 Å². The number of benzene rings is 1. The second-order valence-electron chi connectivity index (χ2n) is 7.43. The molecule has 0 fully saturated rings. The number of H-pyrrole nitrogens is 1. The minimum absolute atomic E-state index is 0.0576. The van der Waals surface area contributed by atoms with Crippen LogP contribution in [0.15, 0.2) is 29.1 Å². The number of aryl methyl sites for hydroxylation is 2.